The van der Waals surface area contributed by atoms with Crippen LogP contribution in [0.1, 0.15) is 24.8 Å². The predicted octanol–water partition coefficient (Wildman–Crippen LogP) is 2.63. The molecule has 1 fully saturated rings. The zero-order valence-electron chi connectivity index (χ0n) is 14.5. The van der Waals surface area contributed by atoms with Crippen molar-refractivity contribution in [3.63, 3.8) is 0 Å². The summed E-state index contributed by atoms with van der Waals surface area (Å²) in [6, 6.07) is 5.70. The van der Waals surface area contributed by atoms with Crippen molar-refractivity contribution in [1.29, 1.82) is 5.26 Å². The van der Waals surface area contributed by atoms with E-state index < -0.39 is 5.54 Å². The van der Waals surface area contributed by atoms with Crippen LogP contribution in [0, 0.1) is 11.3 Å². The van der Waals surface area contributed by atoms with Crippen molar-refractivity contribution >= 4 is 12.0 Å². The highest BCUT2D eigenvalue weighted by molar-refractivity contribution is 5.93. The second-order valence-electron chi connectivity index (χ2n) is 5.68. The first-order valence-electron chi connectivity index (χ1n) is 7.68. The largest absolute Gasteiger partial charge is 0.496 e. The molecule has 0 saturated heterocycles. The number of rotatable bonds is 6. The van der Waals surface area contributed by atoms with Gasteiger partial charge in [-0.15, -0.1) is 0 Å². The van der Waals surface area contributed by atoms with E-state index in [-0.39, 0.29) is 5.91 Å². The molecule has 0 unspecified atom stereocenters. The van der Waals surface area contributed by atoms with Gasteiger partial charge in [0.2, 0.25) is 5.91 Å². The van der Waals surface area contributed by atoms with Gasteiger partial charge in [-0.2, -0.15) is 5.26 Å². The highest BCUT2D eigenvalue weighted by Gasteiger charge is 2.42. The Kier molecular flexibility index (Phi) is 5.35. The van der Waals surface area contributed by atoms with Crippen molar-refractivity contribution in [3.05, 3.63) is 23.8 Å². The highest BCUT2D eigenvalue weighted by atomic mass is 16.5. The molecule has 0 spiro atoms. The zero-order valence-corrected chi connectivity index (χ0v) is 14.5. The summed E-state index contributed by atoms with van der Waals surface area (Å²) in [5, 5.41) is 9.33. The Bertz CT molecular complexity index is 687. The molecule has 0 bridgehead atoms. The van der Waals surface area contributed by atoms with Crippen molar-refractivity contribution < 1.29 is 19.0 Å². The second-order valence-corrected chi connectivity index (χ2v) is 5.68. The van der Waals surface area contributed by atoms with Gasteiger partial charge >= 0.3 is 0 Å². The van der Waals surface area contributed by atoms with Gasteiger partial charge in [0.15, 0.2) is 11.5 Å². The molecule has 1 aliphatic rings. The van der Waals surface area contributed by atoms with Crippen LogP contribution < -0.4 is 14.2 Å². The average Bonchev–Trinajstić information content (AvgIpc) is 2.58. The number of nitrogens with zero attached hydrogens (tertiary/aromatic N) is 2. The molecule has 2 rings (SSSR count). The number of nitriles is 1. The molecular weight excluding hydrogens is 308 g/mol. The Hall–Kier alpha value is -2.68. The number of carbonyl (C=O) groups excluding carboxylic acids is 1. The van der Waals surface area contributed by atoms with Gasteiger partial charge in [0.05, 0.1) is 27.4 Å². The molecule has 0 atom stereocenters. The lowest BCUT2D eigenvalue weighted by Crippen LogP contribution is -2.52. The van der Waals surface area contributed by atoms with Gasteiger partial charge in [-0.25, -0.2) is 0 Å². The van der Waals surface area contributed by atoms with Crippen molar-refractivity contribution in [1.82, 2.24) is 4.90 Å². The van der Waals surface area contributed by atoms with Crippen molar-refractivity contribution in [2.75, 3.05) is 28.4 Å². The molecule has 128 valence electrons. The molecule has 6 nitrogen and oxygen atoms in total. The number of hydrogen-bond donors (Lipinski definition) is 0. The number of amides is 1. The first kappa shape index (κ1) is 17.7. The van der Waals surface area contributed by atoms with Gasteiger partial charge in [-0.1, -0.05) is 0 Å². The van der Waals surface area contributed by atoms with Crippen molar-refractivity contribution in [2.24, 2.45) is 0 Å². The van der Waals surface area contributed by atoms with E-state index in [0.29, 0.717) is 22.8 Å². The summed E-state index contributed by atoms with van der Waals surface area (Å²) in [5.74, 6) is 1.45. The SMILES string of the molecule is COc1cc(OC)c(OC)cc1/C=C/C(=O)N(C)C1(C#N)CCC1. The fourth-order valence-electron chi connectivity index (χ4n) is 2.70. The van der Waals surface area contributed by atoms with E-state index in [9.17, 15) is 10.1 Å². The first-order valence-corrected chi connectivity index (χ1v) is 7.68. The second kappa shape index (κ2) is 7.26. The Balaban J connectivity index is 2.25. The van der Waals surface area contributed by atoms with Crippen LogP contribution in [0.25, 0.3) is 6.08 Å². The number of likely N-dealkylation sites (N-methyl/N-ethyl adjacent to an activating group) is 1. The molecule has 6 heteroatoms. The molecule has 1 aromatic rings. The first-order chi connectivity index (χ1) is 11.5. The highest BCUT2D eigenvalue weighted by Crippen LogP contribution is 2.37. The van der Waals surface area contributed by atoms with Gasteiger partial charge in [0.1, 0.15) is 11.3 Å². The van der Waals surface area contributed by atoms with Gasteiger partial charge < -0.3 is 19.1 Å². The minimum atomic E-state index is -0.664. The summed E-state index contributed by atoms with van der Waals surface area (Å²) in [7, 11) is 6.31. The van der Waals surface area contributed by atoms with E-state index in [4.69, 9.17) is 14.2 Å². The molecule has 1 aromatic carbocycles. The minimum Gasteiger partial charge on any atom is -0.496 e. The molecular formula is C18H22N2O4. The van der Waals surface area contributed by atoms with Gasteiger partial charge in [-0.3, -0.25) is 4.79 Å². The lowest BCUT2D eigenvalue weighted by Gasteiger charge is -2.42. The van der Waals surface area contributed by atoms with Crippen LogP contribution in [0.15, 0.2) is 18.2 Å². The standard InChI is InChI=1S/C18H22N2O4/c1-20(18(12-19)8-5-9-18)17(21)7-6-13-10-15(23-3)16(24-4)11-14(13)22-2/h6-7,10-11H,5,8-9H2,1-4H3/b7-6+. The van der Waals surface area contributed by atoms with E-state index in [1.54, 1.807) is 46.6 Å². The number of ether oxygens (including phenoxy) is 3. The third kappa shape index (κ3) is 3.16. The van der Waals surface area contributed by atoms with Crippen LogP contribution in [-0.2, 0) is 4.79 Å². The fraction of sp³-hybridized carbons (Fsp3) is 0.444. The maximum atomic E-state index is 12.4. The lowest BCUT2D eigenvalue weighted by atomic mass is 9.76. The number of carbonyl (C=O) groups is 1. The molecule has 0 aromatic heterocycles. The Labute approximate surface area is 142 Å². The van der Waals surface area contributed by atoms with Crippen LogP contribution in [0.3, 0.4) is 0 Å². The summed E-state index contributed by atoms with van der Waals surface area (Å²) in [6.45, 7) is 0. The quantitative estimate of drug-likeness (QED) is 0.750. The lowest BCUT2D eigenvalue weighted by molar-refractivity contribution is -0.130. The molecule has 1 saturated carbocycles. The summed E-state index contributed by atoms with van der Waals surface area (Å²) >= 11 is 0. The van der Waals surface area contributed by atoms with Crippen LogP contribution >= 0.6 is 0 Å². The Morgan fingerprint density at radius 3 is 2.21 bits per heavy atom. The van der Waals surface area contributed by atoms with Gasteiger partial charge in [0, 0.05) is 24.8 Å². The third-order valence-electron chi connectivity index (χ3n) is 4.50. The number of benzene rings is 1. The molecule has 0 heterocycles. The smallest absolute Gasteiger partial charge is 0.247 e. The minimum absolute atomic E-state index is 0.215. The molecule has 1 aliphatic carbocycles. The molecule has 1 amide bonds. The van der Waals surface area contributed by atoms with Crippen LogP contribution in [0.5, 0.6) is 17.2 Å². The maximum absolute atomic E-state index is 12.4. The third-order valence-corrected chi connectivity index (χ3v) is 4.50. The molecule has 24 heavy (non-hydrogen) atoms. The average molecular weight is 330 g/mol. The van der Waals surface area contributed by atoms with Gasteiger partial charge in [-0.05, 0) is 31.4 Å². The topological polar surface area (TPSA) is 71.8 Å². The number of methoxy groups -OCH3 is 3. The van der Waals surface area contributed by atoms with E-state index in [1.807, 2.05) is 0 Å². The Morgan fingerprint density at radius 1 is 1.17 bits per heavy atom. The van der Waals surface area contributed by atoms with Crippen LogP contribution in [0.4, 0.5) is 0 Å². The maximum Gasteiger partial charge on any atom is 0.247 e. The molecule has 0 N–H and O–H groups in total. The predicted molar refractivity (Wildman–Crippen MR) is 90.1 cm³/mol. The molecule has 0 radical (unpaired) electrons. The van der Waals surface area contributed by atoms with Crippen LogP contribution in [-0.4, -0.2) is 44.7 Å². The van der Waals surface area contributed by atoms with E-state index in [1.165, 1.54) is 11.0 Å². The fourth-order valence-corrected chi connectivity index (χ4v) is 2.70. The van der Waals surface area contributed by atoms with E-state index >= 15 is 0 Å². The van der Waals surface area contributed by atoms with E-state index in [0.717, 1.165) is 19.3 Å². The van der Waals surface area contributed by atoms with Gasteiger partial charge in [0.25, 0.3) is 0 Å². The van der Waals surface area contributed by atoms with E-state index in [2.05, 4.69) is 6.07 Å². The summed E-state index contributed by atoms with van der Waals surface area (Å²) < 4.78 is 15.9. The van der Waals surface area contributed by atoms with Crippen molar-refractivity contribution in [2.45, 2.75) is 24.8 Å². The monoisotopic (exact) mass is 330 g/mol. The zero-order chi connectivity index (χ0) is 17.7. The van der Waals surface area contributed by atoms with Crippen LogP contribution in [0.2, 0.25) is 0 Å². The summed E-state index contributed by atoms with van der Waals surface area (Å²) in [5.41, 5.74) is 0.0276. The molecule has 0 aliphatic heterocycles. The Morgan fingerprint density at radius 2 is 1.75 bits per heavy atom. The normalized spacial score (nSPS) is 15.3. The summed E-state index contributed by atoms with van der Waals surface area (Å²) in [4.78, 5) is 13.9. The van der Waals surface area contributed by atoms with Crippen molar-refractivity contribution in [3.8, 4) is 23.3 Å². The summed E-state index contributed by atoms with van der Waals surface area (Å²) in [6.07, 6.45) is 5.52. The number of hydrogen-bond acceptors (Lipinski definition) is 5.